The van der Waals surface area contributed by atoms with E-state index in [4.69, 9.17) is 11.6 Å². The lowest BCUT2D eigenvalue weighted by molar-refractivity contribution is -0.117. The molecule has 0 bridgehead atoms. The van der Waals surface area contributed by atoms with Crippen LogP contribution in [0.1, 0.15) is 21.5 Å². The molecule has 6 nitrogen and oxygen atoms in total. The fraction of sp³-hybridized carbons (Fsp3) is 0.0455. The van der Waals surface area contributed by atoms with E-state index in [1.165, 1.54) is 29.0 Å². The molecule has 7 heteroatoms. The lowest BCUT2D eigenvalue weighted by atomic mass is 10.2. The van der Waals surface area contributed by atoms with Gasteiger partial charge in [-0.3, -0.25) is 25.2 Å². The Morgan fingerprint density at radius 3 is 2.38 bits per heavy atom. The van der Waals surface area contributed by atoms with Crippen LogP contribution in [-0.2, 0) is 11.3 Å². The number of hydrogen-bond acceptors (Lipinski definition) is 3. The van der Waals surface area contributed by atoms with Gasteiger partial charge in [0, 0.05) is 23.4 Å². The highest BCUT2D eigenvalue weighted by molar-refractivity contribution is 6.30. The molecular weight excluding hydrogens is 390 g/mol. The molecule has 0 unspecified atom stereocenters. The van der Waals surface area contributed by atoms with Gasteiger partial charge in [0.1, 0.15) is 0 Å². The van der Waals surface area contributed by atoms with E-state index in [0.29, 0.717) is 11.6 Å². The van der Waals surface area contributed by atoms with Crippen molar-refractivity contribution >= 4 is 29.5 Å². The van der Waals surface area contributed by atoms with Crippen LogP contribution in [0.4, 0.5) is 0 Å². The predicted octanol–water partition coefficient (Wildman–Crippen LogP) is 3.02. The van der Waals surface area contributed by atoms with Gasteiger partial charge in [-0.2, -0.15) is 0 Å². The predicted molar refractivity (Wildman–Crippen MR) is 112 cm³/mol. The third-order valence-corrected chi connectivity index (χ3v) is 4.29. The second-order valence-electron chi connectivity index (χ2n) is 6.20. The average molecular weight is 408 g/mol. The first-order valence-electron chi connectivity index (χ1n) is 8.80. The minimum Gasteiger partial charge on any atom is -0.310 e. The van der Waals surface area contributed by atoms with Crippen molar-refractivity contribution in [3.8, 4) is 0 Å². The van der Waals surface area contributed by atoms with Crippen molar-refractivity contribution < 1.29 is 9.59 Å². The molecule has 29 heavy (non-hydrogen) atoms. The van der Waals surface area contributed by atoms with Gasteiger partial charge in [-0.1, -0.05) is 54.1 Å². The number of carbonyl (C=O) groups is 2. The summed E-state index contributed by atoms with van der Waals surface area (Å²) in [6.45, 7) is 0.295. The summed E-state index contributed by atoms with van der Waals surface area (Å²) in [6, 6.07) is 19.1. The van der Waals surface area contributed by atoms with Crippen LogP contribution >= 0.6 is 11.6 Å². The van der Waals surface area contributed by atoms with Gasteiger partial charge in [-0.15, -0.1) is 0 Å². The lowest BCUT2D eigenvalue weighted by Crippen LogP contribution is -2.41. The van der Waals surface area contributed by atoms with Crippen LogP contribution in [0.5, 0.6) is 0 Å². The molecule has 146 valence electrons. The van der Waals surface area contributed by atoms with Crippen LogP contribution in [0.2, 0.25) is 5.02 Å². The molecule has 1 aromatic heterocycles. The fourth-order valence-electron chi connectivity index (χ4n) is 2.54. The first-order valence-corrected chi connectivity index (χ1v) is 9.17. The number of hydrazine groups is 1. The average Bonchev–Trinajstić information content (AvgIpc) is 2.74. The number of carbonyl (C=O) groups excluding carboxylic acids is 2. The second kappa shape index (κ2) is 9.52. The van der Waals surface area contributed by atoms with Crippen LogP contribution < -0.4 is 16.4 Å². The van der Waals surface area contributed by atoms with E-state index in [0.717, 1.165) is 11.1 Å². The lowest BCUT2D eigenvalue weighted by Gasteiger charge is -2.09. The Kier molecular flexibility index (Phi) is 6.60. The number of halogens is 1. The van der Waals surface area contributed by atoms with E-state index in [2.05, 4.69) is 10.9 Å². The van der Waals surface area contributed by atoms with Crippen molar-refractivity contribution in [2.45, 2.75) is 6.54 Å². The van der Waals surface area contributed by atoms with Gasteiger partial charge >= 0.3 is 0 Å². The number of benzene rings is 2. The Hall–Kier alpha value is -3.64. The SMILES string of the molecule is O=C(C=Cc1ccccc1)NNC(=O)c1ccc(=O)n(Cc2ccc(Cl)cc2)c1. The van der Waals surface area contributed by atoms with E-state index in [9.17, 15) is 14.4 Å². The Morgan fingerprint density at radius 1 is 0.931 bits per heavy atom. The van der Waals surface area contributed by atoms with E-state index < -0.39 is 11.8 Å². The molecule has 0 saturated heterocycles. The van der Waals surface area contributed by atoms with Crippen molar-refractivity contribution in [1.82, 2.24) is 15.4 Å². The molecule has 0 spiro atoms. The molecule has 0 aliphatic carbocycles. The number of aromatic nitrogens is 1. The first-order chi connectivity index (χ1) is 14.0. The number of amides is 2. The second-order valence-corrected chi connectivity index (χ2v) is 6.63. The largest absolute Gasteiger partial charge is 0.310 e. The van der Waals surface area contributed by atoms with Gasteiger partial charge in [0.05, 0.1) is 12.1 Å². The highest BCUT2D eigenvalue weighted by Gasteiger charge is 2.09. The molecule has 2 aromatic carbocycles. The Morgan fingerprint density at radius 2 is 1.66 bits per heavy atom. The van der Waals surface area contributed by atoms with Gasteiger partial charge in [0.25, 0.3) is 17.4 Å². The summed E-state index contributed by atoms with van der Waals surface area (Å²) in [6.07, 6.45) is 4.39. The summed E-state index contributed by atoms with van der Waals surface area (Å²) >= 11 is 5.87. The van der Waals surface area contributed by atoms with Gasteiger partial charge in [0.2, 0.25) is 0 Å². The highest BCUT2D eigenvalue weighted by Crippen LogP contribution is 2.10. The minimum absolute atomic E-state index is 0.242. The fourth-order valence-corrected chi connectivity index (χ4v) is 2.67. The summed E-state index contributed by atoms with van der Waals surface area (Å²) in [5.41, 5.74) is 6.37. The summed E-state index contributed by atoms with van der Waals surface area (Å²) in [5, 5.41) is 0.603. The zero-order valence-electron chi connectivity index (χ0n) is 15.3. The molecule has 3 aromatic rings. The minimum atomic E-state index is -0.531. The van der Waals surface area contributed by atoms with E-state index in [-0.39, 0.29) is 11.1 Å². The molecule has 0 aliphatic rings. The van der Waals surface area contributed by atoms with Crippen LogP contribution in [-0.4, -0.2) is 16.4 Å². The Labute approximate surface area is 172 Å². The molecule has 2 amide bonds. The molecule has 0 atom stereocenters. The molecule has 0 fully saturated rings. The smallest absolute Gasteiger partial charge is 0.271 e. The molecule has 0 radical (unpaired) electrons. The number of nitrogens with one attached hydrogen (secondary N) is 2. The van der Waals surface area contributed by atoms with Crippen molar-refractivity contribution in [2.24, 2.45) is 0 Å². The number of rotatable bonds is 5. The van der Waals surface area contributed by atoms with Gasteiger partial charge < -0.3 is 4.57 Å². The van der Waals surface area contributed by atoms with Crippen LogP contribution in [0.3, 0.4) is 0 Å². The van der Waals surface area contributed by atoms with Gasteiger partial charge in [0.15, 0.2) is 0 Å². The maximum Gasteiger partial charge on any atom is 0.271 e. The van der Waals surface area contributed by atoms with Gasteiger partial charge in [-0.05, 0) is 35.4 Å². The third-order valence-electron chi connectivity index (χ3n) is 4.04. The standard InChI is InChI=1S/C22H18ClN3O3/c23-19-10-6-17(7-11-19)14-26-15-18(9-13-21(26)28)22(29)25-24-20(27)12-8-16-4-2-1-3-5-16/h1-13,15H,14H2,(H,24,27)(H,25,29). The van der Waals surface area contributed by atoms with Crippen molar-refractivity contribution in [2.75, 3.05) is 0 Å². The van der Waals surface area contributed by atoms with E-state index >= 15 is 0 Å². The highest BCUT2D eigenvalue weighted by atomic mass is 35.5. The molecule has 1 heterocycles. The van der Waals surface area contributed by atoms with Crippen molar-refractivity contribution in [3.63, 3.8) is 0 Å². The first kappa shape index (κ1) is 20.1. The monoisotopic (exact) mass is 407 g/mol. The van der Waals surface area contributed by atoms with E-state index in [1.807, 2.05) is 30.3 Å². The molecule has 0 aliphatic heterocycles. The number of hydrogen-bond donors (Lipinski definition) is 2. The number of pyridine rings is 1. The molecule has 3 rings (SSSR count). The Bertz CT molecular complexity index is 1090. The van der Waals surface area contributed by atoms with Gasteiger partial charge in [-0.25, -0.2) is 0 Å². The van der Waals surface area contributed by atoms with Crippen molar-refractivity contribution in [1.29, 1.82) is 0 Å². The quantitative estimate of drug-likeness (QED) is 0.504. The molecular formula is C22H18ClN3O3. The third kappa shape index (κ3) is 5.92. The van der Waals surface area contributed by atoms with E-state index in [1.54, 1.807) is 30.3 Å². The summed E-state index contributed by atoms with van der Waals surface area (Å²) in [4.78, 5) is 36.2. The topological polar surface area (TPSA) is 80.2 Å². The van der Waals surface area contributed by atoms with Crippen LogP contribution in [0, 0.1) is 0 Å². The van der Waals surface area contributed by atoms with Crippen LogP contribution in [0.25, 0.3) is 6.08 Å². The maximum absolute atomic E-state index is 12.3. The number of nitrogens with zero attached hydrogens (tertiary/aromatic N) is 1. The molecule has 0 saturated carbocycles. The van der Waals surface area contributed by atoms with Crippen molar-refractivity contribution in [3.05, 3.63) is 111 Å². The summed E-state index contributed by atoms with van der Waals surface area (Å²) in [5.74, 6) is -1.01. The summed E-state index contributed by atoms with van der Waals surface area (Å²) < 4.78 is 1.41. The zero-order chi connectivity index (χ0) is 20.6. The molecule has 2 N–H and O–H groups in total. The Balaban J connectivity index is 1.62. The maximum atomic E-state index is 12.3. The summed E-state index contributed by atoms with van der Waals surface area (Å²) in [7, 11) is 0. The zero-order valence-corrected chi connectivity index (χ0v) is 16.1. The normalized spacial score (nSPS) is 10.7. The van der Waals surface area contributed by atoms with Crippen LogP contribution in [0.15, 0.2) is 83.8 Å².